The summed E-state index contributed by atoms with van der Waals surface area (Å²) in [7, 11) is 0. The van der Waals surface area contributed by atoms with Crippen LogP contribution in [0.1, 0.15) is 5.56 Å². The van der Waals surface area contributed by atoms with Gasteiger partial charge in [0.25, 0.3) is 0 Å². The first kappa shape index (κ1) is 14.2. The van der Waals surface area contributed by atoms with E-state index in [2.05, 4.69) is 4.90 Å². The van der Waals surface area contributed by atoms with Crippen LogP contribution in [0.5, 0.6) is 0 Å². The van der Waals surface area contributed by atoms with Gasteiger partial charge in [0, 0.05) is 44.8 Å². The quantitative estimate of drug-likeness (QED) is 0.839. The fourth-order valence-electron chi connectivity index (χ4n) is 2.33. The summed E-state index contributed by atoms with van der Waals surface area (Å²) >= 11 is 0. The van der Waals surface area contributed by atoms with Crippen molar-refractivity contribution in [2.45, 2.75) is 6.54 Å². The molecule has 106 valence electrons. The SMILES string of the molecule is NCc1ccc(N2CCN(CCO)CC2)c(F)c1F. The number of nitrogens with zero attached hydrogens (tertiary/aromatic N) is 2. The third-order valence-electron chi connectivity index (χ3n) is 3.49. The van der Waals surface area contributed by atoms with Gasteiger partial charge in [-0.05, 0) is 6.07 Å². The van der Waals surface area contributed by atoms with Gasteiger partial charge in [-0.15, -0.1) is 0 Å². The third-order valence-corrected chi connectivity index (χ3v) is 3.49. The lowest BCUT2D eigenvalue weighted by Crippen LogP contribution is -2.47. The van der Waals surface area contributed by atoms with Gasteiger partial charge in [0.2, 0.25) is 0 Å². The molecule has 1 fully saturated rings. The van der Waals surface area contributed by atoms with Crippen molar-refractivity contribution >= 4 is 5.69 Å². The Morgan fingerprint density at radius 3 is 2.37 bits per heavy atom. The second kappa shape index (κ2) is 6.27. The minimum Gasteiger partial charge on any atom is -0.395 e. The molecule has 1 aromatic rings. The summed E-state index contributed by atoms with van der Waals surface area (Å²) in [6, 6.07) is 3.12. The van der Waals surface area contributed by atoms with Crippen LogP contribution in [0, 0.1) is 11.6 Å². The lowest BCUT2D eigenvalue weighted by molar-refractivity contribution is 0.188. The molecular weight excluding hydrogens is 252 g/mol. The average molecular weight is 271 g/mol. The molecule has 0 aromatic heterocycles. The molecule has 0 unspecified atom stereocenters. The van der Waals surface area contributed by atoms with Gasteiger partial charge in [-0.25, -0.2) is 8.78 Å². The highest BCUT2D eigenvalue weighted by molar-refractivity contribution is 5.50. The van der Waals surface area contributed by atoms with E-state index in [0.29, 0.717) is 25.3 Å². The summed E-state index contributed by atoms with van der Waals surface area (Å²) in [6.07, 6.45) is 0. The van der Waals surface area contributed by atoms with E-state index in [0.717, 1.165) is 13.1 Å². The molecule has 0 atom stereocenters. The molecule has 1 aliphatic rings. The topological polar surface area (TPSA) is 52.7 Å². The van der Waals surface area contributed by atoms with E-state index < -0.39 is 11.6 Å². The minimum atomic E-state index is -0.849. The molecule has 0 saturated carbocycles. The van der Waals surface area contributed by atoms with E-state index >= 15 is 0 Å². The number of piperazine rings is 1. The number of hydrogen-bond donors (Lipinski definition) is 2. The van der Waals surface area contributed by atoms with Crippen LogP contribution < -0.4 is 10.6 Å². The fourth-order valence-corrected chi connectivity index (χ4v) is 2.33. The molecule has 0 amide bonds. The van der Waals surface area contributed by atoms with Gasteiger partial charge < -0.3 is 15.7 Å². The molecule has 3 N–H and O–H groups in total. The second-order valence-corrected chi connectivity index (χ2v) is 4.63. The normalized spacial score (nSPS) is 16.9. The van der Waals surface area contributed by atoms with Crippen molar-refractivity contribution in [3.05, 3.63) is 29.3 Å². The first-order chi connectivity index (χ1) is 9.17. The molecular formula is C13H19F2N3O. The summed E-state index contributed by atoms with van der Waals surface area (Å²) in [5.74, 6) is -1.67. The number of hydrogen-bond acceptors (Lipinski definition) is 4. The number of halogens is 2. The molecule has 0 spiro atoms. The van der Waals surface area contributed by atoms with Gasteiger partial charge in [-0.3, -0.25) is 4.90 Å². The smallest absolute Gasteiger partial charge is 0.182 e. The van der Waals surface area contributed by atoms with Crippen LogP contribution in [0.4, 0.5) is 14.5 Å². The molecule has 4 nitrogen and oxygen atoms in total. The molecule has 0 bridgehead atoms. The Bertz CT molecular complexity index is 434. The molecule has 1 heterocycles. The highest BCUT2D eigenvalue weighted by atomic mass is 19.2. The summed E-state index contributed by atoms with van der Waals surface area (Å²) in [6.45, 7) is 3.45. The Labute approximate surface area is 111 Å². The van der Waals surface area contributed by atoms with Gasteiger partial charge in [0.05, 0.1) is 12.3 Å². The highest BCUT2D eigenvalue weighted by Crippen LogP contribution is 2.25. The van der Waals surface area contributed by atoms with Crippen LogP contribution in [-0.2, 0) is 6.54 Å². The largest absolute Gasteiger partial charge is 0.395 e. The molecule has 0 radical (unpaired) electrons. The van der Waals surface area contributed by atoms with E-state index in [-0.39, 0.29) is 18.7 Å². The van der Waals surface area contributed by atoms with Crippen LogP contribution in [0.25, 0.3) is 0 Å². The minimum absolute atomic E-state index is 0.00664. The summed E-state index contributed by atoms with van der Waals surface area (Å²) in [5.41, 5.74) is 5.83. The van der Waals surface area contributed by atoms with Crippen molar-refractivity contribution in [2.75, 3.05) is 44.2 Å². The number of nitrogens with two attached hydrogens (primary N) is 1. The Morgan fingerprint density at radius 2 is 1.79 bits per heavy atom. The zero-order valence-electron chi connectivity index (χ0n) is 10.8. The highest BCUT2D eigenvalue weighted by Gasteiger charge is 2.21. The van der Waals surface area contributed by atoms with E-state index in [1.165, 1.54) is 6.07 Å². The maximum atomic E-state index is 14.0. The number of aliphatic hydroxyl groups excluding tert-OH is 1. The zero-order chi connectivity index (χ0) is 13.8. The van der Waals surface area contributed by atoms with E-state index in [9.17, 15) is 8.78 Å². The first-order valence-corrected chi connectivity index (χ1v) is 6.42. The van der Waals surface area contributed by atoms with Crippen LogP contribution in [0.2, 0.25) is 0 Å². The summed E-state index contributed by atoms with van der Waals surface area (Å²) in [4.78, 5) is 3.92. The van der Waals surface area contributed by atoms with Crippen molar-refractivity contribution in [3.8, 4) is 0 Å². The maximum absolute atomic E-state index is 14.0. The standard InChI is InChI=1S/C13H19F2N3O/c14-12-10(9-16)1-2-11(13(12)15)18-5-3-17(4-6-18)7-8-19/h1-2,19H,3-9,16H2. The summed E-state index contributed by atoms with van der Waals surface area (Å²) in [5, 5.41) is 8.86. The van der Waals surface area contributed by atoms with Crippen LogP contribution in [0.15, 0.2) is 12.1 Å². The Morgan fingerprint density at radius 1 is 1.11 bits per heavy atom. The van der Waals surface area contributed by atoms with Crippen LogP contribution in [0.3, 0.4) is 0 Å². The molecule has 0 aliphatic carbocycles. The molecule has 19 heavy (non-hydrogen) atoms. The average Bonchev–Trinajstić information content (AvgIpc) is 2.43. The number of benzene rings is 1. The molecule has 1 saturated heterocycles. The van der Waals surface area contributed by atoms with Gasteiger partial charge in [-0.2, -0.15) is 0 Å². The van der Waals surface area contributed by atoms with Gasteiger partial charge in [-0.1, -0.05) is 6.07 Å². The lowest BCUT2D eigenvalue weighted by atomic mass is 10.1. The third kappa shape index (κ3) is 3.02. The monoisotopic (exact) mass is 271 g/mol. The molecule has 2 rings (SSSR count). The molecule has 1 aromatic carbocycles. The van der Waals surface area contributed by atoms with Crippen molar-refractivity contribution < 1.29 is 13.9 Å². The van der Waals surface area contributed by atoms with Crippen LogP contribution in [-0.4, -0.2) is 49.3 Å². The van der Waals surface area contributed by atoms with Gasteiger partial charge >= 0.3 is 0 Å². The molecule has 6 heteroatoms. The Kier molecular flexibility index (Phi) is 4.68. The second-order valence-electron chi connectivity index (χ2n) is 4.63. The first-order valence-electron chi connectivity index (χ1n) is 6.42. The van der Waals surface area contributed by atoms with Crippen molar-refractivity contribution in [3.63, 3.8) is 0 Å². The summed E-state index contributed by atoms with van der Waals surface area (Å²) < 4.78 is 27.6. The van der Waals surface area contributed by atoms with Gasteiger partial charge in [0.15, 0.2) is 11.6 Å². The number of anilines is 1. The Hall–Kier alpha value is -1.24. The lowest BCUT2D eigenvalue weighted by Gasteiger charge is -2.36. The van der Waals surface area contributed by atoms with Crippen molar-refractivity contribution in [1.82, 2.24) is 4.90 Å². The fraction of sp³-hybridized carbons (Fsp3) is 0.538. The van der Waals surface area contributed by atoms with Crippen molar-refractivity contribution in [2.24, 2.45) is 5.73 Å². The van der Waals surface area contributed by atoms with E-state index in [1.807, 2.05) is 4.90 Å². The van der Waals surface area contributed by atoms with E-state index in [4.69, 9.17) is 10.8 Å². The van der Waals surface area contributed by atoms with Crippen LogP contribution >= 0.6 is 0 Å². The number of rotatable bonds is 4. The predicted molar refractivity (Wildman–Crippen MR) is 70.0 cm³/mol. The number of β-amino-alcohol motifs (C(OH)–C–C–N with tert-alkyl or cyclic N) is 1. The molecule has 1 aliphatic heterocycles. The maximum Gasteiger partial charge on any atom is 0.182 e. The van der Waals surface area contributed by atoms with Crippen molar-refractivity contribution in [1.29, 1.82) is 0 Å². The van der Waals surface area contributed by atoms with Gasteiger partial charge in [0.1, 0.15) is 0 Å². The predicted octanol–water partition coefficient (Wildman–Crippen LogP) is 0.538. The zero-order valence-corrected chi connectivity index (χ0v) is 10.8. The Balaban J connectivity index is 2.09. The van der Waals surface area contributed by atoms with E-state index in [1.54, 1.807) is 6.07 Å². The number of aliphatic hydroxyl groups is 1.